The van der Waals surface area contributed by atoms with Gasteiger partial charge in [0.15, 0.2) is 11.4 Å². The van der Waals surface area contributed by atoms with Crippen molar-refractivity contribution in [2.45, 2.75) is 20.3 Å². The molecule has 0 saturated heterocycles. The normalized spacial score (nSPS) is 10.9. The van der Waals surface area contributed by atoms with Crippen molar-refractivity contribution >= 4 is 28.6 Å². The van der Waals surface area contributed by atoms with Crippen molar-refractivity contribution in [2.24, 2.45) is 7.05 Å². The summed E-state index contributed by atoms with van der Waals surface area (Å²) in [5.74, 6) is -0.313. The molecule has 6 nitrogen and oxygen atoms in total. The summed E-state index contributed by atoms with van der Waals surface area (Å²) in [4.78, 5) is 20.2. The van der Waals surface area contributed by atoms with Gasteiger partial charge in [0, 0.05) is 13.5 Å². The molecule has 7 heteroatoms. The number of aromatic hydroxyl groups is 1. The van der Waals surface area contributed by atoms with Crippen LogP contribution in [0, 0.1) is 0 Å². The fourth-order valence-electron chi connectivity index (χ4n) is 1.89. The molecule has 0 aliphatic rings. The smallest absolute Gasteiger partial charge is 0.358 e. The fourth-order valence-corrected chi connectivity index (χ4v) is 2.16. The number of rotatable bonds is 3. The Labute approximate surface area is 115 Å². The third-order valence-electron chi connectivity index (χ3n) is 2.79. The highest BCUT2D eigenvalue weighted by Crippen LogP contribution is 2.35. The molecule has 0 bridgehead atoms. The van der Waals surface area contributed by atoms with Crippen molar-refractivity contribution in [3.8, 4) is 5.75 Å². The highest BCUT2D eigenvalue weighted by atomic mass is 35.5. The number of hydrogen-bond donors (Lipinski definition) is 1. The summed E-state index contributed by atoms with van der Waals surface area (Å²) >= 11 is 6.04. The van der Waals surface area contributed by atoms with Gasteiger partial charge in [-0.1, -0.05) is 18.5 Å². The monoisotopic (exact) mass is 283 g/mol. The Balaban J connectivity index is 2.75. The van der Waals surface area contributed by atoms with E-state index in [1.807, 2.05) is 6.92 Å². The van der Waals surface area contributed by atoms with E-state index in [1.165, 1.54) is 4.57 Å². The molecule has 0 aliphatic heterocycles. The fraction of sp³-hybridized carbons (Fsp3) is 0.417. The number of hydrogen-bond acceptors (Lipinski definition) is 5. The first-order valence-electron chi connectivity index (χ1n) is 5.92. The summed E-state index contributed by atoms with van der Waals surface area (Å²) in [6, 6.07) is 0. The lowest BCUT2D eigenvalue weighted by molar-refractivity contribution is 0.0512. The predicted molar refractivity (Wildman–Crippen MR) is 70.5 cm³/mol. The molecular formula is C12H14ClN3O3. The molecule has 0 spiro atoms. The molecule has 2 rings (SSSR count). The molecule has 1 N–H and O–H groups in total. The number of fused-ring (bicyclic) bond motifs is 1. The summed E-state index contributed by atoms with van der Waals surface area (Å²) in [6.07, 6.45) is 0.607. The van der Waals surface area contributed by atoms with Gasteiger partial charge in [-0.25, -0.2) is 14.8 Å². The Morgan fingerprint density at radius 2 is 2.11 bits per heavy atom. The second-order valence-electron chi connectivity index (χ2n) is 3.96. The Hall–Kier alpha value is -1.82. The van der Waals surface area contributed by atoms with E-state index in [0.717, 1.165) is 0 Å². The Kier molecular flexibility index (Phi) is 3.61. The van der Waals surface area contributed by atoms with Crippen LogP contribution in [0.2, 0.25) is 5.15 Å². The standard InChI is InChI=1S/C12H14ClN3O3/c1-4-6-14-10(13)7-9(17)8(12(18)19-5-2)16(3)11(7)15-6/h17H,4-5H2,1-3H3. The van der Waals surface area contributed by atoms with Crippen LogP contribution in [0.1, 0.15) is 30.2 Å². The third-order valence-corrected chi connectivity index (χ3v) is 3.06. The number of aromatic nitrogens is 3. The van der Waals surface area contributed by atoms with Crippen molar-refractivity contribution in [2.75, 3.05) is 6.61 Å². The van der Waals surface area contributed by atoms with Gasteiger partial charge in [-0.05, 0) is 6.92 Å². The van der Waals surface area contributed by atoms with E-state index in [2.05, 4.69) is 9.97 Å². The van der Waals surface area contributed by atoms with Gasteiger partial charge in [0.05, 0.1) is 12.0 Å². The van der Waals surface area contributed by atoms with E-state index in [4.69, 9.17) is 16.3 Å². The van der Waals surface area contributed by atoms with Crippen LogP contribution in [0.15, 0.2) is 0 Å². The molecule has 0 radical (unpaired) electrons. The van der Waals surface area contributed by atoms with Gasteiger partial charge < -0.3 is 14.4 Å². The highest BCUT2D eigenvalue weighted by molar-refractivity contribution is 6.35. The van der Waals surface area contributed by atoms with E-state index >= 15 is 0 Å². The first-order valence-corrected chi connectivity index (χ1v) is 6.29. The molecule has 0 amide bonds. The summed E-state index contributed by atoms with van der Waals surface area (Å²) < 4.78 is 6.37. The summed E-state index contributed by atoms with van der Waals surface area (Å²) in [5.41, 5.74) is 0.443. The average Bonchev–Trinajstić information content (AvgIpc) is 2.62. The maximum atomic E-state index is 11.8. The van der Waals surface area contributed by atoms with Crippen LogP contribution < -0.4 is 0 Å². The zero-order valence-electron chi connectivity index (χ0n) is 10.9. The van der Waals surface area contributed by atoms with E-state index in [9.17, 15) is 9.90 Å². The molecule has 2 aromatic rings. The van der Waals surface area contributed by atoms with E-state index in [1.54, 1.807) is 14.0 Å². The Morgan fingerprint density at radius 3 is 2.68 bits per heavy atom. The number of carbonyl (C=O) groups is 1. The highest BCUT2D eigenvalue weighted by Gasteiger charge is 2.25. The molecule has 0 aliphatic carbocycles. The maximum absolute atomic E-state index is 11.8. The largest absolute Gasteiger partial charge is 0.505 e. The zero-order chi connectivity index (χ0) is 14.2. The number of aryl methyl sites for hydroxylation is 2. The topological polar surface area (TPSA) is 77.2 Å². The Morgan fingerprint density at radius 1 is 1.42 bits per heavy atom. The van der Waals surface area contributed by atoms with Crippen molar-refractivity contribution in [3.05, 3.63) is 16.7 Å². The van der Waals surface area contributed by atoms with E-state index in [-0.39, 0.29) is 28.6 Å². The first kappa shape index (κ1) is 13.6. The third kappa shape index (κ3) is 2.12. The van der Waals surface area contributed by atoms with Crippen LogP contribution in [0.25, 0.3) is 11.0 Å². The molecule has 0 fully saturated rings. The minimum atomic E-state index is -0.616. The molecule has 0 aromatic carbocycles. The van der Waals surface area contributed by atoms with Crippen LogP contribution in [0.3, 0.4) is 0 Å². The van der Waals surface area contributed by atoms with Crippen LogP contribution in [0.5, 0.6) is 5.75 Å². The molecule has 2 heterocycles. The van der Waals surface area contributed by atoms with Gasteiger partial charge in [-0.2, -0.15) is 0 Å². The maximum Gasteiger partial charge on any atom is 0.358 e. The predicted octanol–water partition coefficient (Wildman–Crippen LogP) is 2.07. The van der Waals surface area contributed by atoms with Gasteiger partial charge in [0.1, 0.15) is 16.6 Å². The summed E-state index contributed by atoms with van der Waals surface area (Å²) in [5, 5.41) is 10.5. The second-order valence-corrected chi connectivity index (χ2v) is 4.32. The minimum Gasteiger partial charge on any atom is -0.505 e. The number of carbonyl (C=O) groups excluding carboxylic acids is 1. The zero-order valence-corrected chi connectivity index (χ0v) is 11.7. The average molecular weight is 284 g/mol. The quantitative estimate of drug-likeness (QED) is 0.689. The van der Waals surface area contributed by atoms with Gasteiger partial charge in [0.2, 0.25) is 0 Å². The van der Waals surface area contributed by atoms with E-state index in [0.29, 0.717) is 17.9 Å². The van der Waals surface area contributed by atoms with Crippen LogP contribution in [0.4, 0.5) is 0 Å². The lowest BCUT2D eigenvalue weighted by atomic mass is 10.3. The Bertz CT molecular complexity index is 651. The first-order chi connectivity index (χ1) is 9.01. The van der Waals surface area contributed by atoms with Gasteiger partial charge in [-0.15, -0.1) is 0 Å². The van der Waals surface area contributed by atoms with Crippen molar-refractivity contribution in [1.82, 2.24) is 14.5 Å². The van der Waals surface area contributed by atoms with Gasteiger partial charge in [0.25, 0.3) is 0 Å². The number of halogens is 1. The molecular weight excluding hydrogens is 270 g/mol. The molecule has 102 valence electrons. The molecule has 0 unspecified atom stereocenters. The summed E-state index contributed by atoms with van der Waals surface area (Å²) in [7, 11) is 1.62. The van der Waals surface area contributed by atoms with Crippen molar-refractivity contribution in [1.29, 1.82) is 0 Å². The molecule has 0 atom stereocenters. The SMILES string of the molecule is CCOC(=O)c1c(O)c2c(Cl)nc(CC)nc2n1C. The molecule has 19 heavy (non-hydrogen) atoms. The van der Waals surface area contributed by atoms with E-state index < -0.39 is 5.97 Å². The van der Waals surface area contributed by atoms with Crippen LogP contribution in [-0.4, -0.2) is 32.2 Å². The minimum absolute atomic E-state index is 0.0290. The number of nitrogens with zero attached hydrogens (tertiary/aromatic N) is 3. The van der Waals surface area contributed by atoms with Crippen molar-refractivity contribution < 1.29 is 14.6 Å². The lowest BCUT2D eigenvalue weighted by Crippen LogP contribution is -2.10. The second kappa shape index (κ2) is 5.05. The molecule has 0 saturated carbocycles. The van der Waals surface area contributed by atoms with Crippen molar-refractivity contribution in [3.63, 3.8) is 0 Å². The van der Waals surface area contributed by atoms with Crippen LogP contribution >= 0.6 is 11.6 Å². The molecule has 2 aromatic heterocycles. The van der Waals surface area contributed by atoms with Crippen LogP contribution in [-0.2, 0) is 18.2 Å². The number of ether oxygens (including phenoxy) is 1. The lowest BCUT2D eigenvalue weighted by Gasteiger charge is -2.03. The van der Waals surface area contributed by atoms with Gasteiger partial charge >= 0.3 is 5.97 Å². The van der Waals surface area contributed by atoms with Gasteiger partial charge in [-0.3, -0.25) is 0 Å². The number of esters is 1. The summed E-state index contributed by atoms with van der Waals surface area (Å²) in [6.45, 7) is 3.81.